The van der Waals surface area contributed by atoms with Crippen LogP contribution in [-0.2, 0) is 11.3 Å². The largest absolute Gasteiger partial charge is 0.378 e. The third-order valence-corrected chi connectivity index (χ3v) is 5.31. The molecular weight excluding hydrogens is 349 g/mol. The standard InChI is InChI=1S/C20H18FN3OS/c21-16-7-2-1-6-15(16)20-23-14(13-26-20)12-22-17-8-3-4-9-18(17)24-11-5-10-19(24)25/h1-4,6-9,13,22H,5,10-12H2. The summed E-state index contributed by atoms with van der Waals surface area (Å²) < 4.78 is 13.9. The molecule has 6 heteroatoms. The number of thiazole rings is 1. The van der Waals surface area contributed by atoms with E-state index in [9.17, 15) is 9.18 Å². The van der Waals surface area contributed by atoms with Crippen LogP contribution in [0, 0.1) is 5.82 Å². The van der Waals surface area contributed by atoms with Gasteiger partial charge in [-0.2, -0.15) is 0 Å². The van der Waals surface area contributed by atoms with Crippen LogP contribution in [0.4, 0.5) is 15.8 Å². The van der Waals surface area contributed by atoms with Crippen LogP contribution < -0.4 is 10.2 Å². The summed E-state index contributed by atoms with van der Waals surface area (Å²) in [5, 5.41) is 5.96. The Balaban J connectivity index is 1.51. The van der Waals surface area contributed by atoms with Crippen LogP contribution in [0.2, 0.25) is 0 Å². The van der Waals surface area contributed by atoms with E-state index < -0.39 is 0 Å². The number of halogens is 1. The molecule has 2 heterocycles. The number of aromatic nitrogens is 1. The van der Waals surface area contributed by atoms with Crippen molar-refractivity contribution in [2.24, 2.45) is 0 Å². The molecule has 1 aromatic heterocycles. The van der Waals surface area contributed by atoms with Gasteiger partial charge in [-0.15, -0.1) is 11.3 Å². The van der Waals surface area contributed by atoms with E-state index in [0.717, 1.165) is 30.0 Å². The van der Waals surface area contributed by atoms with Crippen molar-refractivity contribution in [3.05, 3.63) is 65.4 Å². The molecule has 0 bridgehead atoms. The van der Waals surface area contributed by atoms with Crippen molar-refractivity contribution in [1.29, 1.82) is 0 Å². The first-order chi connectivity index (χ1) is 12.7. The molecule has 1 aliphatic rings. The molecule has 132 valence electrons. The Kier molecular flexibility index (Phi) is 4.67. The summed E-state index contributed by atoms with van der Waals surface area (Å²) in [7, 11) is 0. The molecule has 3 aromatic rings. The highest BCUT2D eigenvalue weighted by molar-refractivity contribution is 7.13. The van der Waals surface area contributed by atoms with Crippen LogP contribution in [0.5, 0.6) is 0 Å². The Morgan fingerprint density at radius 1 is 1.15 bits per heavy atom. The van der Waals surface area contributed by atoms with Crippen LogP contribution in [-0.4, -0.2) is 17.4 Å². The fourth-order valence-electron chi connectivity index (χ4n) is 3.09. The Bertz CT molecular complexity index is 940. The van der Waals surface area contributed by atoms with Gasteiger partial charge < -0.3 is 10.2 Å². The number of carbonyl (C=O) groups excluding carboxylic acids is 1. The summed E-state index contributed by atoms with van der Waals surface area (Å²) in [6.45, 7) is 1.27. The van der Waals surface area contributed by atoms with Crippen molar-refractivity contribution in [3.8, 4) is 10.6 Å². The minimum atomic E-state index is -0.265. The highest BCUT2D eigenvalue weighted by Gasteiger charge is 2.23. The first kappa shape index (κ1) is 16.7. The number of carbonyl (C=O) groups is 1. The van der Waals surface area contributed by atoms with Gasteiger partial charge in [0.25, 0.3) is 0 Å². The summed E-state index contributed by atoms with van der Waals surface area (Å²) in [5.74, 6) is -0.103. The minimum Gasteiger partial charge on any atom is -0.378 e. The number of benzene rings is 2. The number of nitrogens with zero attached hydrogens (tertiary/aromatic N) is 2. The third kappa shape index (κ3) is 3.32. The van der Waals surface area contributed by atoms with E-state index in [1.807, 2.05) is 34.5 Å². The van der Waals surface area contributed by atoms with E-state index in [0.29, 0.717) is 23.5 Å². The highest BCUT2D eigenvalue weighted by Crippen LogP contribution is 2.30. The van der Waals surface area contributed by atoms with Crippen LogP contribution in [0.15, 0.2) is 53.9 Å². The number of nitrogens with one attached hydrogen (secondary N) is 1. The fraction of sp³-hybridized carbons (Fsp3) is 0.200. The third-order valence-electron chi connectivity index (χ3n) is 4.38. The predicted molar refractivity (Wildman–Crippen MR) is 103 cm³/mol. The van der Waals surface area contributed by atoms with Crippen molar-refractivity contribution in [1.82, 2.24) is 4.98 Å². The normalized spacial score (nSPS) is 14.0. The maximum Gasteiger partial charge on any atom is 0.227 e. The first-order valence-corrected chi connectivity index (χ1v) is 9.43. The first-order valence-electron chi connectivity index (χ1n) is 8.55. The Hall–Kier alpha value is -2.73. The van der Waals surface area contributed by atoms with Gasteiger partial charge in [0.05, 0.1) is 23.6 Å². The molecular formula is C20H18FN3OS. The van der Waals surface area contributed by atoms with Crippen LogP contribution in [0.25, 0.3) is 10.6 Å². The number of hydrogen-bond donors (Lipinski definition) is 1. The van der Waals surface area contributed by atoms with E-state index in [1.165, 1.54) is 17.4 Å². The monoisotopic (exact) mass is 367 g/mol. The molecule has 1 saturated heterocycles. The van der Waals surface area contributed by atoms with Gasteiger partial charge in [-0.1, -0.05) is 24.3 Å². The molecule has 1 amide bonds. The molecule has 0 unspecified atom stereocenters. The van der Waals surface area contributed by atoms with Crippen LogP contribution in [0.3, 0.4) is 0 Å². The molecule has 2 aromatic carbocycles. The van der Waals surface area contributed by atoms with Gasteiger partial charge in [0.2, 0.25) is 5.91 Å². The molecule has 1 aliphatic heterocycles. The van der Waals surface area contributed by atoms with Gasteiger partial charge in [0, 0.05) is 23.9 Å². The Morgan fingerprint density at radius 2 is 1.96 bits per heavy atom. The maximum absolute atomic E-state index is 13.9. The van der Waals surface area contributed by atoms with E-state index >= 15 is 0 Å². The molecule has 4 nitrogen and oxygen atoms in total. The van der Waals surface area contributed by atoms with E-state index in [1.54, 1.807) is 18.2 Å². The number of para-hydroxylation sites is 2. The van der Waals surface area contributed by atoms with Crippen molar-refractivity contribution in [3.63, 3.8) is 0 Å². The number of hydrogen-bond acceptors (Lipinski definition) is 4. The van der Waals surface area contributed by atoms with Gasteiger partial charge in [0.15, 0.2) is 0 Å². The molecule has 0 radical (unpaired) electrons. The lowest BCUT2D eigenvalue weighted by molar-refractivity contribution is -0.117. The quantitative estimate of drug-likeness (QED) is 0.712. The average Bonchev–Trinajstić information content (AvgIpc) is 3.30. The average molecular weight is 367 g/mol. The van der Waals surface area contributed by atoms with Crippen molar-refractivity contribution < 1.29 is 9.18 Å². The smallest absolute Gasteiger partial charge is 0.227 e. The molecule has 1 N–H and O–H groups in total. The zero-order valence-electron chi connectivity index (χ0n) is 14.1. The molecule has 0 atom stereocenters. The Morgan fingerprint density at radius 3 is 2.77 bits per heavy atom. The highest BCUT2D eigenvalue weighted by atomic mass is 32.1. The lowest BCUT2D eigenvalue weighted by atomic mass is 10.2. The lowest BCUT2D eigenvalue weighted by Gasteiger charge is -2.20. The number of anilines is 2. The SMILES string of the molecule is O=C1CCCN1c1ccccc1NCc1csc(-c2ccccc2F)n1. The second kappa shape index (κ2) is 7.25. The Labute approximate surface area is 155 Å². The maximum atomic E-state index is 13.9. The van der Waals surface area contributed by atoms with Crippen molar-refractivity contribution in [2.45, 2.75) is 19.4 Å². The molecule has 0 saturated carbocycles. The second-order valence-electron chi connectivity index (χ2n) is 6.14. The molecule has 4 rings (SSSR count). The summed E-state index contributed by atoms with van der Waals surface area (Å²) in [6.07, 6.45) is 1.50. The lowest BCUT2D eigenvalue weighted by Crippen LogP contribution is -2.24. The second-order valence-corrected chi connectivity index (χ2v) is 7.00. The van der Waals surface area contributed by atoms with Gasteiger partial charge in [-0.3, -0.25) is 4.79 Å². The zero-order chi connectivity index (χ0) is 17.9. The predicted octanol–water partition coefficient (Wildman–Crippen LogP) is 4.69. The molecule has 26 heavy (non-hydrogen) atoms. The van der Waals surface area contributed by atoms with E-state index in [-0.39, 0.29) is 11.7 Å². The summed E-state index contributed by atoms with van der Waals surface area (Å²) in [4.78, 5) is 18.4. The van der Waals surface area contributed by atoms with E-state index in [4.69, 9.17) is 0 Å². The fourth-order valence-corrected chi connectivity index (χ4v) is 3.94. The van der Waals surface area contributed by atoms with E-state index in [2.05, 4.69) is 10.3 Å². The topological polar surface area (TPSA) is 45.2 Å². The van der Waals surface area contributed by atoms with Gasteiger partial charge in [0.1, 0.15) is 10.8 Å². The number of amides is 1. The van der Waals surface area contributed by atoms with Gasteiger partial charge in [-0.25, -0.2) is 9.37 Å². The van der Waals surface area contributed by atoms with Crippen molar-refractivity contribution >= 4 is 28.6 Å². The van der Waals surface area contributed by atoms with Gasteiger partial charge >= 0.3 is 0 Å². The molecule has 0 aliphatic carbocycles. The van der Waals surface area contributed by atoms with Crippen LogP contribution >= 0.6 is 11.3 Å². The summed E-state index contributed by atoms with van der Waals surface area (Å²) in [5.41, 5.74) is 3.17. The number of rotatable bonds is 5. The minimum absolute atomic E-state index is 0.162. The summed E-state index contributed by atoms with van der Waals surface area (Å²) >= 11 is 1.43. The van der Waals surface area contributed by atoms with Crippen molar-refractivity contribution in [2.75, 3.05) is 16.8 Å². The molecule has 1 fully saturated rings. The zero-order valence-corrected chi connectivity index (χ0v) is 14.9. The molecule has 0 spiro atoms. The van der Waals surface area contributed by atoms with Gasteiger partial charge in [-0.05, 0) is 30.7 Å². The van der Waals surface area contributed by atoms with Crippen LogP contribution in [0.1, 0.15) is 18.5 Å². The summed E-state index contributed by atoms with van der Waals surface area (Å²) in [6, 6.07) is 14.5.